The third-order valence-electron chi connectivity index (χ3n) is 6.22. The second-order valence-electron chi connectivity index (χ2n) is 9.61. The third-order valence-corrected chi connectivity index (χ3v) is 6.22. The Balaban J connectivity index is 1.70. The first kappa shape index (κ1) is 29.4. The summed E-state index contributed by atoms with van der Waals surface area (Å²) in [5.41, 5.74) is 1.08. The summed E-state index contributed by atoms with van der Waals surface area (Å²) < 4.78 is 20.6. The molecule has 1 saturated heterocycles. The first-order chi connectivity index (χ1) is 18.1. The van der Waals surface area contributed by atoms with Crippen LogP contribution in [0.4, 0.5) is 0 Å². The highest BCUT2D eigenvalue weighted by atomic mass is 16.6. The zero-order valence-electron chi connectivity index (χ0n) is 22.3. The van der Waals surface area contributed by atoms with E-state index in [1.807, 2.05) is 31.2 Å². The lowest BCUT2D eigenvalue weighted by Crippen LogP contribution is -2.60. The molecule has 1 fully saturated rings. The number of epoxide rings is 1. The van der Waals surface area contributed by atoms with Crippen LogP contribution in [0.15, 0.2) is 34.9 Å². The van der Waals surface area contributed by atoms with Gasteiger partial charge in [-0.3, -0.25) is 19.7 Å². The van der Waals surface area contributed by atoms with Crippen LogP contribution in [-0.4, -0.2) is 91.9 Å². The first-order valence-corrected chi connectivity index (χ1v) is 12.3. The van der Waals surface area contributed by atoms with E-state index in [4.69, 9.17) is 18.7 Å². The number of aliphatic hydroxyl groups excluding tert-OH is 1. The molecule has 12 heteroatoms. The zero-order chi connectivity index (χ0) is 27.9. The second kappa shape index (κ2) is 13.1. The second-order valence-corrected chi connectivity index (χ2v) is 9.61. The molecule has 0 radical (unpaired) electrons. The number of nitrogens with one attached hydrogen (secondary N) is 3. The topological polar surface area (TPSA) is 165 Å². The minimum Gasteiger partial charge on any atom is -0.382 e. The Kier molecular flexibility index (Phi) is 10.1. The molecule has 0 saturated carbocycles. The number of carbonyl (C=O) groups excluding carboxylic acids is 3. The van der Waals surface area contributed by atoms with Gasteiger partial charge in [0.1, 0.15) is 23.6 Å². The Morgan fingerprint density at radius 3 is 2.29 bits per heavy atom. The summed E-state index contributed by atoms with van der Waals surface area (Å²) in [6.45, 7) is 5.40. The largest absolute Gasteiger partial charge is 0.382 e. The van der Waals surface area contributed by atoms with Gasteiger partial charge < -0.3 is 34.5 Å². The van der Waals surface area contributed by atoms with Gasteiger partial charge in [0.15, 0.2) is 11.5 Å². The summed E-state index contributed by atoms with van der Waals surface area (Å²) in [6, 6.07) is 6.32. The summed E-state index contributed by atoms with van der Waals surface area (Å²) >= 11 is 0. The van der Waals surface area contributed by atoms with E-state index in [0.29, 0.717) is 18.8 Å². The van der Waals surface area contributed by atoms with E-state index in [2.05, 4.69) is 21.1 Å². The van der Waals surface area contributed by atoms with Gasteiger partial charge in [-0.05, 0) is 32.8 Å². The number of hydrogen-bond donors (Lipinski definition) is 4. The zero-order valence-corrected chi connectivity index (χ0v) is 22.3. The fourth-order valence-corrected chi connectivity index (χ4v) is 3.86. The fourth-order valence-electron chi connectivity index (χ4n) is 3.86. The lowest BCUT2D eigenvalue weighted by molar-refractivity contribution is -0.128. The highest BCUT2D eigenvalue weighted by molar-refractivity contribution is 5.96. The van der Waals surface area contributed by atoms with Crippen molar-refractivity contribution < 1.29 is 38.2 Å². The summed E-state index contributed by atoms with van der Waals surface area (Å²) in [6.07, 6.45) is -1.06. The van der Waals surface area contributed by atoms with Gasteiger partial charge in [-0.1, -0.05) is 35.0 Å². The number of amides is 2. The number of aromatic nitrogens is 1. The number of hydrogen-bond acceptors (Lipinski definition) is 10. The Hall–Kier alpha value is -3.16. The van der Waals surface area contributed by atoms with Crippen molar-refractivity contribution in [3.63, 3.8) is 0 Å². The van der Waals surface area contributed by atoms with E-state index >= 15 is 0 Å². The standard InChI is InChI=1S/C26H36N4O8/c1-15-6-8-17(9-7-15)11-18(22(31)26(3)14-37-26)27-24(33)20(12-35-4)29-25(34)21(13-36-5)28-23(32)19-10-16(2)38-30-19/h6-10,18,20-21,24,27,33H,11-14H2,1-5H3,(H,28,32)(H,29,34)/t18?,20-,21?,24?,26+/m0/s1. The molecule has 3 rings (SSSR count). The number of aliphatic hydroxyl groups is 1. The van der Waals surface area contributed by atoms with E-state index in [0.717, 1.165) is 11.1 Å². The molecule has 0 spiro atoms. The number of Topliss-reactive ketones (excluding diaryl/α,β-unsaturated/α-hetero) is 1. The van der Waals surface area contributed by atoms with Gasteiger partial charge in [0.2, 0.25) is 5.91 Å². The van der Waals surface area contributed by atoms with Crippen molar-refractivity contribution >= 4 is 17.6 Å². The number of methoxy groups -OCH3 is 2. The van der Waals surface area contributed by atoms with Gasteiger partial charge in [0.25, 0.3) is 5.91 Å². The van der Waals surface area contributed by atoms with Crippen LogP contribution in [0.25, 0.3) is 0 Å². The van der Waals surface area contributed by atoms with Gasteiger partial charge in [-0.2, -0.15) is 0 Å². The lowest BCUT2D eigenvalue weighted by atomic mass is 9.94. The molecule has 4 N–H and O–H groups in total. The van der Waals surface area contributed by atoms with Gasteiger partial charge in [0, 0.05) is 20.3 Å². The summed E-state index contributed by atoms with van der Waals surface area (Å²) in [5.74, 6) is -1.01. The molecule has 1 aliphatic heterocycles. The van der Waals surface area contributed by atoms with Gasteiger partial charge in [-0.15, -0.1) is 0 Å². The number of carbonyl (C=O) groups is 3. The summed E-state index contributed by atoms with van der Waals surface area (Å²) in [5, 5.41) is 22.9. The smallest absolute Gasteiger partial charge is 0.274 e. The van der Waals surface area contributed by atoms with Gasteiger partial charge in [-0.25, -0.2) is 0 Å². The molecule has 3 unspecified atom stereocenters. The molecule has 5 atom stereocenters. The van der Waals surface area contributed by atoms with Gasteiger partial charge >= 0.3 is 0 Å². The third kappa shape index (κ3) is 7.92. The summed E-state index contributed by atoms with van der Waals surface area (Å²) in [7, 11) is 2.80. The molecule has 208 valence electrons. The average Bonchev–Trinajstić information content (AvgIpc) is 3.49. The van der Waals surface area contributed by atoms with Crippen molar-refractivity contribution in [1.82, 2.24) is 21.1 Å². The number of benzene rings is 1. The fraction of sp³-hybridized carbons (Fsp3) is 0.538. The minimum atomic E-state index is -1.36. The van der Waals surface area contributed by atoms with E-state index in [9.17, 15) is 19.5 Å². The van der Waals surface area contributed by atoms with Crippen LogP contribution in [-0.2, 0) is 30.2 Å². The van der Waals surface area contributed by atoms with Crippen molar-refractivity contribution in [3.8, 4) is 0 Å². The number of ether oxygens (including phenoxy) is 3. The van der Waals surface area contributed by atoms with Crippen LogP contribution in [0.1, 0.15) is 34.3 Å². The summed E-state index contributed by atoms with van der Waals surface area (Å²) in [4.78, 5) is 38.8. The van der Waals surface area contributed by atoms with Crippen LogP contribution in [0.3, 0.4) is 0 Å². The van der Waals surface area contributed by atoms with E-state index < -0.39 is 41.8 Å². The number of rotatable bonds is 15. The molecule has 1 aliphatic rings. The maximum Gasteiger partial charge on any atom is 0.274 e. The first-order valence-electron chi connectivity index (χ1n) is 12.3. The number of nitrogens with zero attached hydrogens (tertiary/aromatic N) is 1. The molecule has 0 aliphatic carbocycles. The normalized spacial score (nSPS) is 19.7. The van der Waals surface area contributed by atoms with Crippen molar-refractivity contribution in [2.45, 2.75) is 57.1 Å². The van der Waals surface area contributed by atoms with Crippen molar-refractivity contribution in [1.29, 1.82) is 0 Å². The highest BCUT2D eigenvalue weighted by Gasteiger charge is 2.50. The Morgan fingerprint density at radius 1 is 1.08 bits per heavy atom. The Labute approximate surface area is 221 Å². The molecule has 2 amide bonds. The molecule has 0 bridgehead atoms. The van der Waals surface area contributed by atoms with Crippen molar-refractivity contribution in [2.75, 3.05) is 34.0 Å². The monoisotopic (exact) mass is 532 g/mol. The average molecular weight is 533 g/mol. The highest BCUT2D eigenvalue weighted by Crippen LogP contribution is 2.29. The van der Waals surface area contributed by atoms with Crippen LogP contribution < -0.4 is 16.0 Å². The van der Waals surface area contributed by atoms with Crippen LogP contribution >= 0.6 is 0 Å². The van der Waals surface area contributed by atoms with E-state index in [-0.39, 0.29) is 24.7 Å². The molecular weight excluding hydrogens is 496 g/mol. The SMILES string of the molecule is COCC(NC(=O)c1cc(C)on1)C(=O)N[C@@H](COC)C(O)NC(Cc1ccc(C)cc1)C(=O)[C@@]1(C)CO1. The predicted molar refractivity (Wildman–Crippen MR) is 135 cm³/mol. The molecule has 1 aromatic carbocycles. The Bertz CT molecular complexity index is 1100. The molecule has 2 aromatic rings. The molecule has 38 heavy (non-hydrogen) atoms. The van der Waals surface area contributed by atoms with Crippen molar-refractivity contribution in [2.24, 2.45) is 0 Å². The minimum absolute atomic E-state index is 0.0137. The van der Waals surface area contributed by atoms with Crippen molar-refractivity contribution in [3.05, 3.63) is 52.9 Å². The molecule has 1 aromatic heterocycles. The molecule has 12 nitrogen and oxygen atoms in total. The quantitative estimate of drug-likeness (QED) is 0.182. The predicted octanol–water partition coefficient (Wildman–Crippen LogP) is 0.0447. The van der Waals surface area contributed by atoms with Crippen LogP contribution in [0.2, 0.25) is 0 Å². The van der Waals surface area contributed by atoms with E-state index in [1.54, 1.807) is 13.8 Å². The van der Waals surface area contributed by atoms with Crippen LogP contribution in [0.5, 0.6) is 0 Å². The Morgan fingerprint density at radius 2 is 1.74 bits per heavy atom. The lowest BCUT2D eigenvalue weighted by Gasteiger charge is -2.30. The maximum absolute atomic E-state index is 13.2. The van der Waals surface area contributed by atoms with E-state index in [1.165, 1.54) is 20.3 Å². The van der Waals surface area contributed by atoms with Crippen LogP contribution in [0, 0.1) is 13.8 Å². The molecule has 2 heterocycles. The number of aryl methyl sites for hydroxylation is 2. The number of ketones is 1. The maximum atomic E-state index is 13.2. The van der Waals surface area contributed by atoms with Gasteiger partial charge in [0.05, 0.1) is 31.9 Å². The molecular formula is C26H36N4O8.